The standard InChI is InChI=1S/C22H23BrN4OS/c1-15-14-16(8-9-17(15)23)27-21(19-7-5-11-26(19)12-13-28-2)20(25-22(27)29)18-6-3-4-10-24-18/h3-11,14,20-21H,12-13H2,1-2H3,(H,25,29)/t20-,21-/m0/s1. The summed E-state index contributed by atoms with van der Waals surface area (Å²) in [5, 5.41) is 4.21. The number of hydrogen-bond acceptors (Lipinski definition) is 3. The van der Waals surface area contributed by atoms with Gasteiger partial charge in [0.2, 0.25) is 0 Å². The Kier molecular flexibility index (Phi) is 5.99. The second-order valence-corrected chi connectivity index (χ2v) is 8.29. The predicted molar refractivity (Wildman–Crippen MR) is 123 cm³/mol. The maximum atomic E-state index is 5.80. The van der Waals surface area contributed by atoms with E-state index in [2.05, 4.69) is 79.2 Å². The fourth-order valence-electron chi connectivity index (χ4n) is 3.80. The van der Waals surface area contributed by atoms with Crippen molar-refractivity contribution in [1.29, 1.82) is 0 Å². The van der Waals surface area contributed by atoms with Gasteiger partial charge in [0.15, 0.2) is 5.11 Å². The van der Waals surface area contributed by atoms with Crippen molar-refractivity contribution in [3.8, 4) is 0 Å². The molecule has 1 fully saturated rings. The lowest BCUT2D eigenvalue weighted by Crippen LogP contribution is -2.30. The topological polar surface area (TPSA) is 42.3 Å². The Bertz CT molecular complexity index is 1010. The van der Waals surface area contributed by atoms with Crippen molar-refractivity contribution in [3.63, 3.8) is 0 Å². The van der Waals surface area contributed by atoms with E-state index in [1.54, 1.807) is 7.11 Å². The number of thiocarbonyl (C=S) groups is 1. The number of methoxy groups -OCH3 is 1. The van der Waals surface area contributed by atoms with Crippen LogP contribution in [0.2, 0.25) is 0 Å². The number of aryl methyl sites for hydroxylation is 1. The van der Waals surface area contributed by atoms with Crippen molar-refractivity contribution in [3.05, 3.63) is 82.3 Å². The molecule has 2 aromatic heterocycles. The monoisotopic (exact) mass is 470 g/mol. The average Bonchev–Trinajstić information content (AvgIpc) is 3.33. The lowest BCUT2D eigenvalue weighted by atomic mass is 10.0. The highest BCUT2D eigenvalue weighted by Crippen LogP contribution is 2.42. The molecular weight excluding hydrogens is 448 g/mol. The van der Waals surface area contributed by atoms with Gasteiger partial charge in [0.25, 0.3) is 0 Å². The molecule has 0 saturated carbocycles. The molecule has 150 valence electrons. The number of hydrogen-bond donors (Lipinski definition) is 1. The van der Waals surface area contributed by atoms with Gasteiger partial charge in [-0.1, -0.05) is 22.0 Å². The van der Waals surface area contributed by atoms with Gasteiger partial charge >= 0.3 is 0 Å². The lowest BCUT2D eigenvalue weighted by Gasteiger charge is -2.29. The van der Waals surface area contributed by atoms with Crippen LogP contribution in [0, 0.1) is 6.92 Å². The molecule has 3 heterocycles. The first-order chi connectivity index (χ1) is 14.1. The van der Waals surface area contributed by atoms with Crippen LogP contribution in [0.3, 0.4) is 0 Å². The van der Waals surface area contributed by atoms with Crippen molar-refractivity contribution in [2.24, 2.45) is 0 Å². The fourth-order valence-corrected chi connectivity index (χ4v) is 4.39. The largest absolute Gasteiger partial charge is 0.383 e. The number of halogens is 1. The summed E-state index contributed by atoms with van der Waals surface area (Å²) in [4.78, 5) is 6.82. The first-order valence-electron chi connectivity index (χ1n) is 9.51. The van der Waals surface area contributed by atoms with Crippen LogP contribution in [0.4, 0.5) is 5.69 Å². The molecule has 1 saturated heterocycles. The van der Waals surface area contributed by atoms with Crippen molar-refractivity contribution in [1.82, 2.24) is 14.9 Å². The van der Waals surface area contributed by atoms with Crippen molar-refractivity contribution >= 4 is 38.9 Å². The number of aromatic nitrogens is 2. The molecule has 4 rings (SSSR count). The summed E-state index contributed by atoms with van der Waals surface area (Å²) in [7, 11) is 1.73. The normalized spacial score (nSPS) is 18.9. The van der Waals surface area contributed by atoms with E-state index < -0.39 is 0 Å². The molecule has 1 aliphatic heterocycles. The van der Waals surface area contributed by atoms with Gasteiger partial charge in [-0.2, -0.15) is 0 Å². The number of nitrogens with zero attached hydrogens (tertiary/aromatic N) is 3. The fraction of sp³-hybridized carbons (Fsp3) is 0.273. The van der Waals surface area contributed by atoms with Gasteiger partial charge in [0, 0.05) is 41.9 Å². The Morgan fingerprint density at radius 3 is 2.79 bits per heavy atom. The quantitative estimate of drug-likeness (QED) is 0.525. The average molecular weight is 471 g/mol. The third-order valence-corrected chi connectivity index (χ3v) is 6.43. The molecule has 5 nitrogen and oxygen atoms in total. The summed E-state index contributed by atoms with van der Waals surface area (Å²) in [6.07, 6.45) is 3.92. The Morgan fingerprint density at radius 1 is 1.21 bits per heavy atom. The predicted octanol–water partition coefficient (Wildman–Crippen LogP) is 4.78. The second-order valence-electron chi connectivity index (χ2n) is 7.05. The number of ether oxygens (including phenoxy) is 1. The zero-order valence-corrected chi connectivity index (χ0v) is 18.8. The first kappa shape index (κ1) is 20.1. The maximum absolute atomic E-state index is 5.80. The van der Waals surface area contributed by atoms with E-state index in [4.69, 9.17) is 17.0 Å². The molecule has 2 atom stereocenters. The van der Waals surface area contributed by atoms with E-state index in [1.165, 1.54) is 11.3 Å². The van der Waals surface area contributed by atoms with Crippen LogP contribution in [0.1, 0.15) is 29.0 Å². The summed E-state index contributed by atoms with van der Waals surface area (Å²) in [5.41, 5.74) is 4.37. The summed E-state index contributed by atoms with van der Waals surface area (Å²) in [6.45, 7) is 3.52. The number of nitrogens with one attached hydrogen (secondary N) is 1. The van der Waals surface area contributed by atoms with E-state index in [0.717, 1.165) is 22.4 Å². The van der Waals surface area contributed by atoms with Gasteiger partial charge < -0.3 is 19.5 Å². The number of pyridine rings is 1. The molecule has 0 unspecified atom stereocenters. The summed E-state index contributed by atoms with van der Waals surface area (Å²) < 4.78 is 8.63. The molecular formula is C22H23BrN4OS. The molecule has 0 spiro atoms. The molecule has 0 amide bonds. The number of benzene rings is 1. The van der Waals surface area contributed by atoms with Crippen LogP contribution in [0.25, 0.3) is 0 Å². The highest BCUT2D eigenvalue weighted by atomic mass is 79.9. The molecule has 0 aliphatic carbocycles. The minimum Gasteiger partial charge on any atom is -0.383 e. The summed E-state index contributed by atoms with van der Waals surface area (Å²) >= 11 is 9.40. The Morgan fingerprint density at radius 2 is 2.07 bits per heavy atom. The van der Waals surface area contributed by atoms with Crippen LogP contribution < -0.4 is 10.2 Å². The molecule has 1 aliphatic rings. The second kappa shape index (κ2) is 8.65. The van der Waals surface area contributed by atoms with Gasteiger partial charge in [-0.25, -0.2) is 0 Å². The molecule has 7 heteroatoms. The Labute approximate surface area is 184 Å². The number of rotatable bonds is 6. The summed E-state index contributed by atoms with van der Waals surface area (Å²) in [6, 6.07) is 16.5. The third kappa shape index (κ3) is 3.95. The molecule has 1 N–H and O–H groups in total. The van der Waals surface area contributed by atoms with E-state index in [-0.39, 0.29) is 12.1 Å². The Hall–Kier alpha value is -2.22. The van der Waals surface area contributed by atoms with Crippen molar-refractivity contribution in [2.45, 2.75) is 25.6 Å². The van der Waals surface area contributed by atoms with Crippen LogP contribution >= 0.6 is 28.1 Å². The van der Waals surface area contributed by atoms with Gasteiger partial charge in [0.1, 0.15) is 6.04 Å². The SMILES string of the molecule is COCCn1cccc1[C@H]1[C@H](c2ccccn2)NC(=S)N1c1ccc(Br)c(C)c1. The van der Waals surface area contributed by atoms with Gasteiger partial charge in [0.05, 0.1) is 18.3 Å². The molecule has 0 radical (unpaired) electrons. The van der Waals surface area contributed by atoms with E-state index in [9.17, 15) is 0 Å². The maximum Gasteiger partial charge on any atom is 0.174 e. The number of anilines is 1. The van der Waals surface area contributed by atoms with Gasteiger partial charge in [-0.05, 0) is 67.2 Å². The highest BCUT2D eigenvalue weighted by molar-refractivity contribution is 9.10. The first-order valence-corrected chi connectivity index (χ1v) is 10.7. The highest BCUT2D eigenvalue weighted by Gasteiger charge is 2.42. The smallest absolute Gasteiger partial charge is 0.174 e. The molecule has 3 aromatic rings. The zero-order chi connectivity index (χ0) is 20.4. The minimum atomic E-state index is -0.0520. The van der Waals surface area contributed by atoms with Crippen LogP contribution in [0.15, 0.2) is 65.4 Å². The summed E-state index contributed by atoms with van der Waals surface area (Å²) in [5.74, 6) is 0. The molecule has 0 bridgehead atoms. The van der Waals surface area contributed by atoms with Gasteiger partial charge in [-0.15, -0.1) is 0 Å². The Balaban J connectivity index is 1.82. The van der Waals surface area contributed by atoms with Crippen LogP contribution in [-0.4, -0.2) is 28.4 Å². The van der Waals surface area contributed by atoms with Crippen LogP contribution in [-0.2, 0) is 11.3 Å². The van der Waals surface area contributed by atoms with Crippen molar-refractivity contribution in [2.75, 3.05) is 18.6 Å². The minimum absolute atomic E-state index is 0.0233. The van der Waals surface area contributed by atoms with Gasteiger partial charge in [-0.3, -0.25) is 4.98 Å². The lowest BCUT2D eigenvalue weighted by molar-refractivity contribution is 0.186. The molecule has 1 aromatic carbocycles. The van der Waals surface area contributed by atoms with E-state index >= 15 is 0 Å². The third-order valence-electron chi connectivity index (χ3n) is 5.22. The van der Waals surface area contributed by atoms with Crippen LogP contribution in [0.5, 0.6) is 0 Å². The van der Waals surface area contributed by atoms with E-state index in [1.807, 2.05) is 24.4 Å². The zero-order valence-electron chi connectivity index (χ0n) is 16.4. The van der Waals surface area contributed by atoms with E-state index in [0.29, 0.717) is 11.7 Å². The molecule has 29 heavy (non-hydrogen) atoms. The van der Waals surface area contributed by atoms with Crippen molar-refractivity contribution < 1.29 is 4.74 Å².